The lowest BCUT2D eigenvalue weighted by molar-refractivity contribution is 0.0712. The van der Waals surface area contributed by atoms with E-state index in [4.69, 9.17) is 5.73 Å². The Hall–Kier alpha value is -2.82. The molecular weight excluding hydrogens is 386 g/mol. The van der Waals surface area contributed by atoms with Crippen molar-refractivity contribution in [2.75, 3.05) is 25.4 Å². The van der Waals surface area contributed by atoms with Crippen LogP contribution >= 0.6 is 0 Å². The van der Waals surface area contributed by atoms with Crippen LogP contribution in [-0.2, 0) is 0 Å². The number of nitrogens with two attached hydrogens (primary N) is 1. The van der Waals surface area contributed by atoms with Crippen molar-refractivity contribution in [3.63, 3.8) is 0 Å². The fourth-order valence-electron chi connectivity index (χ4n) is 4.82. The van der Waals surface area contributed by atoms with Gasteiger partial charge in [0, 0.05) is 36.4 Å². The molecule has 1 saturated heterocycles. The first-order valence-electron chi connectivity index (χ1n) is 11.6. The first-order valence-corrected chi connectivity index (χ1v) is 11.6. The summed E-state index contributed by atoms with van der Waals surface area (Å²) in [5.74, 6) is 0.869. The molecule has 5 nitrogen and oxygen atoms in total. The molecule has 1 aliphatic heterocycles. The second kappa shape index (κ2) is 9.13. The molecule has 31 heavy (non-hydrogen) atoms. The quantitative estimate of drug-likeness (QED) is 0.695. The number of hydrogen-bond donors (Lipinski definition) is 2. The van der Waals surface area contributed by atoms with Gasteiger partial charge in [-0.15, -0.1) is 0 Å². The summed E-state index contributed by atoms with van der Waals surface area (Å²) in [6.45, 7) is 5.96. The van der Waals surface area contributed by atoms with Crippen LogP contribution in [-0.4, -0.2) is 36.3 Å². The maximum absolute atomic E-state index is 13.4. The molecule has 0 radical (unpaired) electrons. The summed E-state index contributed by atoms with van der Waals surface area (Å²) in [7, 11) is 0. The lowest BCUT2D eigenvalue weighted by Gasteiger charge is -2.33. The molecule has 2 aliphatic rings. The predicted molar refractivity (Wildman–Crippen MR) is 125 cm³/mol. The van der Waals surface area contributed by atoms with Crippen LogP contribution in [0.3, 0.4) is 0 Å². The summed E-state index contributed by atoms with van der Waals surface area (Å²) in [5, 5.41) is 2.93. The molecule has 3 N–H and O–H groups in total. The van der Waals surface area contributed by atoms with Crippen LogP contribution in [0.15, 0.2) is 36.4 Å². The summed E-state index contributed by atoms with van der Waals surface area (Å²) >= 11 is 0. The predicted octanol–water partition coefficient (Wildman–Crippen LogP) is 4.61. The molecule has 0 aromatic heterocycles. The number of nitrogen functional groups attached to an aromatic ring is 1. The highest BCUT2D eigenvalue weighted by Gasteiger charge is 2.29. The van der Waals surface area contributed by atoms with Crippen LogP contribution in [0, 0.1) is 6.92 Å². The van der Waals surface area contributed by atoms with Gasteiger partial charge in [0.15, 0.2) is 0 Å². The highest BCUT2D eigenvalue weighted by molar-refractivity contribution is 6.01. The third-order valence-electron chi connectivity index (χ3n) is 6.94. The average Bonchev–Trinajstić information content (AvgIpc) is 2.73. The Labute approximate surface area is 185 Å². The lowest BCUT2D eigenvalue weighted by Crippen LogP contribution is -2.38. The number of nitrogens with zero attached hydrogens (tertiary/aromatic N) is 1. The summed E-state index contributed by atoms with van der Waals surface area (Å²) in [6.07, 6.45) is 5.34. The molecule has 164 valence electrons. The van der Waals surface area contributed by atoms with E-state index in [1.165, 1.54) is 12.0 Å². The number of anilines is 1. The molecule has 5 heteroatoms. The number of amides is 2. The van der Waals surface area contributed by atoms with Crippen LogP contribution < -0.4 is 11.1 Å². The van der Waals surface area contributed by atoms with Crippen molar-refractivity contribution in [2.45, 2.75) is 57.8 Å². The van der Waals surface area contributed by atoms with Crippen LogP contribution in [0.2, 0.25) is 0 Å². The minimum absolute atomic E-state index is 0.0407. The van der Waals surface area contributed by atoms with Crippen LogP contribution in [0.1, 0.15) is 88.3 Å². The van der Waals surface area contributed by atoms with Crippen molar-refractivity contribution in [3.05, 3.63) is 64.2 Å². The topological polar surface area (TPSA) is 75.4 Å². The van der Waals surface area contributed by atoms with Crippen molar-refractivity contribution in [1.82, 2.24) is 10.2 Å². The smallest absolute Gasteiger partial charge is 0.254 e. The van der Waals surface area contributed by atoms with Gasteiger partial charge in [0.2, 0.25) is 0 Å². The second-order valence-electron chi connectivity index (χ2n) is 8.97. The number of rotatable bonds is 5. The van der Waals surface area contributed by atoms with E-state index in [0.717, 1.165) is 55.6 Å². The highest BCUT2D eigenvalue weighted by Crippen LogP contribution is 2.39. The van der Waals surface area contributed by atoms with Gasteiger partial charge in [0.05, 0.1) is 0 Å². The molecule has 0 unspecified atom stereocenters. The number of likely N-dealkylation sites (tertiary alicyclic amines) is 1. The molecule has 1 saturated carbocycles. The molecule has 1 aliphatic carbocycles. The van der Waals surface area contributed by atoms with Crippen molar-refractivity contribution < 1.29 is 9.59 Å². The average molecular weight is 420 g/mol. The SMILES string of the molecule is CCNC(=O)c1cc(C(=O)N2CCC(c3ccc(N)cc3)CC2)c(C)cc1C1CCC1. The lowest BCUT2D eigenvalue weighted by atomic mass is 9.77. The summed E-state index contributed by atoms with van der Waals surface area (Å²) in [5.41, 5.74) is 11.3. The normalized spacial score (nSPS) is 17.3. The van der Waals surface area contributed by atoms with Crippen molar-refractivity contribution in [2.24, 2.45) is 0 Å². The van der Waals surface area contributed by atoms with Gasteiger partial charge in [0.25, 0.3) is 11.8 Å². The van der Waals surface area contributed by atoms with Crippen LogP contribution in [0.25, 0.3) is 0 Å². The Morgan fingerprint density at radius 1 is 1.00 bits per heavy atom. The Morgan fingerprint density at radius 3 is 2.26 bits per heavy atom. The van der Waals surface area contributed by atoms with Gasteiger partial charge in [-0.25, -0.2) is 0 Å². The van der Waals surface area contributed by atoms with Gasteiger partial charge < -0.3 is 16.0 Å². The largest absolute Gasteiger partial charge is 0.399 e. The Kier molecular flexibility index (Phi) is 6.30. The maximum Gasteiger partial charge on any atom is 0.254 e. The molecule has 0 bridgehead atoms. The minimum Gasteiger partial charge on any atom is -0.399 e. The highest BCUT2D eigenvalue weighted by atomic mass is 16.2. The molecule has 0 spiro atoms. The third-order valence-corrected chi connectivity index (χ3v) is 6.94. The molecule has 2 aromatic carbocycles. The Bertz CT molecular complexity index is 955. The van der Waals surface area contributed by atoms with E-state index in [9.17, 15) is 9.59 Å². The summed E-state index contributed by atoms with van der Waals surface area (Å²) in [4.78, 5) is 28.1. The standard InChI is InChI=1S/C26H33N3O2/c1-3-28-25(30)24-16-22(17(2)15-23(24)20-5-4-6-20)26(31)29-13-11-19(12-14-29)18-7-9-21(27)10-8-18/h7-10,15-16,19-20H,3-6,11-14,27H2,1-2H3,(H,28,30). The number of hydrogen-bond acceptors (Lipinski definition) is 3. The number of benzene rings is 2. The number of aryl methyl sites for hydroxylation is 1. The number of carbonyl (C=O) groups is 2. The van der Waals surface area contributed by atoms with Crippen molar-refractivity contribution >= 4 is 17.5 Å². The fourth-order valence-corrected chi connectivity index (χ4v) is 4.82. The van der Waals surface area contributed by atoms with E-state index in [0.29, 0.717) is 29.5 Å². The van der Waals surface area contributed by atoms with E-state index < -0.39 is 0 Å². The Morgan fingerprint density at radius 2 is 1.68 bits per heavy atom. The number of carbonyl (C=O) groups excluding carboxylic acids is 2. The van der Waals surface area contributed by atoms with E-state index in [2.05, 4.69) is 23.5 Å². The second-order valence-corrected chi connectivity index (χ2v) is 8.97. The van der Waals surface area contributed by atoms with Gasteiger partial charge >= 0.3 is 0 Å². The summed E-state index contributed by atoms with van der Waals surface area (Å²) < 4.78 is 0. The fraction of sp³-hybridized carbons (Fsp3) is 0.462. The zero-order valence-electron chi connectivity index (χ0n) is 18.6. The monoisotopic (exact) mass is 419 g/mol. The van der Waals surface area contributed by atoms with Gasteiger partial charge in [-0.05, 0) is 86.3 Å². The first-order chi connectivity index (χ1) is 15.0. The zero-order chi connectivity index (χ0) is 22.0. The summed E-state index contributed by atoms with van der Waals surface area (Å²) in [6, 6.07) is 12.0. The zero-order valence-corrected chi connectivity index (χ0v) is 18.6. The maximum atomic E-state index is 13.4. The van der Waals surface area contributed by atoms with E-state index in [1.54, 1.807) is 0 Å². The van der Waals surface area contributed by atoms with Gasteiger partial charge in [-0.1, -0.05) is 24.6 Å². The van der Waals surface area contributed by atoms with Gasteiger partial charge in [0.1, 0.15) is 0 Å². The first kappa shape index (κ1) is 21.4. The van der Waals surface area contributed by atoms with E-state index in [1.807, 2.05) is 36.9 Å². The number of nitrogens with one attached hydrogen (secondary N) is 1. The molecule has 0 atom stereocenters. The molecule has 2 aromatic rings. The number of piperidine rings is 1. The molecule has 2 fully saturated rings. The molecule has 4 rings (SSSR count). The van der Waals surface area contributed by atoms with E-state index >= 15 is 0 Å². The molecular formula is C26H33N3O2. The van der Waals surface area contributed by atoms with Gasteiger partial charge in [-0.3, -0.25) is 9.59 Å². The van der Waals surface area contributed by atoms with Gasteiger partial charge in [-0.2, -0.15) is 0 Å². The van der Waals surface area contributed by atoms with Crippen LogP contribution in [0.4, 0.5) is 5.69 Å². The third kappa shape index (κ3) is 4.46. The van der Waals surface area contributed by atoms with Crippen molar-refractivity contribution in [3.8, 4) is 0 Å². The Balaban J connectivity index is 1.52. The molecule has 2 amide bonds. The van der Waals surface area contributed by atoms with Crippen LogP contribution in [0.5, 0.6) is 0 Å². The van der Waals surface area contributed by atoms with E-state index in [-0.39, 0.29) is 11.8 Å². The van der Waals surface area contributed by atoms with Crippen molar-refractivity contribution in [1.29, 1.82) is 0 Å². The minimum atomic E-state index is -0.0690. The molecule has 1 heterocycles.